The highest BCUT2D eigenvalue weighted by molar-refractivity contribution is 5.76. The molecule has 0 aromatic carbocycles. The number of rotatable bonds is 1. The molecule has 0 fully saturated rings. The van der Waals surface area contributed by atoms with Crippen molar-refractivity contribution in [3.8, 4) is 0 Å². The Kier molecular flexibility index (Phi) is 2.22. The largest absolute Gasteiger partial charge is 0.351 e. The average molecular weight is 166 g/mol. The molecule has 66 valence electrons. The van der Waals surface area contributed by atoms with Crippen LogP contribution in [0.5, 0.6) is 0 Å². The van der Waals surface area contributed by atoms with E-state index in [1.54, 1.807) is 6.20 Å². The summed E-state index contributed by atoms with van der Waals surface area (Å²) in [4.78, 5) is 10.8. The van der Waals surface area contributed by atoms with E-state index >= 15 is 0 Å². The van der Waals surface area contributed by atoms with Crippen molar-refractivity contribution in [2.24, 2.45) is 5.73 Å². The summed E-state index contributed by atoms with van der Waals surface area (Å²) in [5.41, 5.74) is 7.27. The number of hydrogen-bond acceptors (Lipinski definition) is 1. The molecule has 0 radical (unpaired) electrons. The number of primary amides is 1. The molecule has 0 atom stereocenters. The lowest BCUT2D eigenvalue weighted by atomic mass is 10.0. The first kappa shape index (κ1) is 8.84. The fourth-order valence-corrected chi connectivity index (χ4v) is 1.38. The lowest BCUT2D eigenvalue weighted by molar-refractivity contribution is 0.250. The second-order valence-electron chi connectivity index (χ2n) is 3.22. The smallest absolute Gasteiger partial charge is 0.323 e. The Morgan fingerprint density at radius 3 is 2.42 bits per heavy atom. The van der Waals surface area contributed by atoms with Crippen LogP contribution in [0.3, 0.4) is 0 Å². The van der Waals surface area contributed by atoms with E-state index in [9.17, 15) is 4.79 Å². The summed E-state index contributed by atoms with van der Waals surface area (Å²) in [7, 11) is 0. The summed E-state index contributed by atoms with van der Waals surface area (Å²) in [5, 5.41) is 0. The van der Waals surface area contributed by atoms with Gasteiger partial charge in [0.25, 0.3) is 0 Å². The molecule has 1 aromatic rings. The van der Waals surface area contributed by atoms with E-state index in [0.717, 1.165) is 5.69 Å². The second-order valence-corrected chi connectivity index (χ2v) is 3.22. The molecule has 3 nitrogen and oxygen atoms in total. The fourth-order valence-electron chi connectivity index (χ4n) is 1.38. The van der Waals surface area contributed by atoms with E-state index in [4.69, 9.17) is 5.73 Å². The van der Waals surface area contributed by atoms with E-state index in [1.165, 1.54) is 10.1 Å². The lowest BCUT2D eigenvalue weighted by Gasteiger charge is -2.05. The van der Waals surface area contributed by atoms with Crippen LogP contribution in [-0.4, -0.2) is 10.6 Å². The Labute approximate surface area is 72.2 Å². The predicted molar refractivity (Wildman–Crippen MR) is 48.2 cm³/mol. The summed E-state index contributed by atoms with van der Waals surface area (Å²) in [5.74, 6) is 0.436. The van der Waals surface area contributed by atoms with Gasteiger partial charge in [0.2, 0.25) is 0 Å². The maximum absolute atomic E-state index is 10.8. The van der Waals surface area contributed by atoms with Crippen molar-refractivity contribution < 1.29 is 4.79 Å². The molecule has 12 heavy (non-hydrogen) atoms. The number of carbonyl (C=O) groups excluding carboxylic acids is 1. The first-order valence-electron chi connectivity index (χ1n) is 4.01. The fraction of sp³-hybridized carbons (Fsp3) is 0.444. The van der Waals surface area contributed by atoms with Crippen LogP contribution >= 0.6 is 0 Å². The van der Waals surface area contributed by atoms with E-state index < -0.39 is 6.03 Å². The molecule has 0 saturated heterocycles. The van der Waals surface area contributed by atoms with Crippen LogP contribution < -0.4 is 5.73 Å². The highest BCUT2D eigenvalue weighted by Gasteiger charge is 2.09. The monoisotopic (exact) mass is 166 g/mol. The van der Waals surface area contributed by atoms with E-state index in [2.05, 4.69) is 13.8 Å². The molecule has 3 heteroatoms. The summed E-state index contributed by atoms with van der Waals surface area (Å²) in [6, 6.07) is 1.52. The normalized spacial score (nSPS) is 10.7. The highest BCUT2D eigenvalue weighted by atomic mass is 16.2. The van der Waals surface area contributed by atoms with Gasteiger partial charge in [-0.05, 0) is 24.5 Å². The number of carbonyl (C=O) groups is 1. The van der Waals surface area contributed by atoms with Crippen LogP contribution in [0.4, 0.5) is 4.79 Å². The zero-order valence-electron chi connectivity index (χ0n) is 7.66. The van der Waals surface area contributed by atoms with Crippen molar-refractivity contribution in [3.05, 3.63) is 23.5 Å². The average Bonchev–Trinajstić information content (AvgIpc) is 2.30. The summed E-state index contributed by atoms with van der Waals surface area (Å²) >= 11 is 0. The predicted octanol–water partition coefficient (Wildman–Crippen LogP) is 1.85. The van der Waals surface area contributed by atoms with Gasteiger partial charge in [0.05, 0.1) is 0 Å². The third-order valence-electron chi connectivity index (χ3n) is 2.04. The molecule has 1 amide bonds. The van der Waals surface area contributed by atoms with Gasteiger partial charge in [-0.2, -0.15) is 0 Å². The summed E-state index contributed by atoms with van der Waals surface area (Å²) in [6.45, 7) is 6.08. The first-order chi connectivity index (χ1) is 5.54. The number of aromatic nitrogens is 1. The second kappa shape index (κ2) is 3.01. The molecule has 0 aliphatic carbocycles. The SMILES string of the molecule is Cc1c(C(C)C)ccn1C(N)=O. The molecule has 0 saturated carbocycles. The van der Waals surface area contributed by atoms with Crippen molar-refractivity contribution in [1.29, 1.82) is 0 Å². The zero-order valence-corrected chi connectivity index (χ0v) is 7.66. The molecular formula is C9H14N2O. The van der Waals surface area contributed by atoms with Gasteiger partial charge in [0, 0.05) is 11.9 Å². The molecule has 2 N–H and O–H groups in total. The van der Waals surface area contributed by atoms with Gasteiger partial charge in [-0.25, -0.2) is 4.79 Å². The van der Waals surface area contributed by atoms with Crippen molar-refractivity contribution in [1.82, 2.24) is 4.57 Å². The van der Waals surface area contributed by atoms with Crippen molar-refractivity contribution in [2.45, 2.75) is 26.7 Å². The molecule has 0 aliphatic heterocycles. The maximum Gasteiger partial charge on any atom is 0.323 e. The van der Waals surface area contributed by atoms with Crippen molar-refractivity contribution in [2.75, 3.05) is 0 Å². The molecule has 1 aromatic heterocycles. The minimum atomic E-state index is -0.417. The number of nitrogens with two attached hydrogens (primary N) is 1. The Bertz CT molecular complexity index is 299. The molecule has 1 rings (SSSR count). The summed E-state index contributed by atoms with van der Waals surface area (Å²) < 4.78 is 1.47. The number of amides is 1. The number of nitrogens with zero attached hydrogens (tertiary/aromatic N) is 1. The maximum atomic E-state index is 10.8. The van der Waals surface area contributed by atoms with Crippen LogP contribution in [0.15, 0.2) is 12.3 Å². The van der Waals surface area contributed by atoms with E-state index in [1.807, 2.05) is 13.0 Å². The third kappa shape index (κ3) is 1.35. The Morgan fingerprint density at radius 1 is 1.58 bits per heavy atom. The molecular weight excluding hydrogens is 152 g/mol. The minimum absolute atomic E-state index is 0.417. The van der Waals surface area contributed by atoms with Crippen molar-refractivity contribution >= 4 is 6.03 Å². The van der Waals surface area contributed by atoms with Crippen LogP contribution in [-0.2, 0) is 0 Å². The topological polar surface area (TPSA) is 48.0 Å². The van der Waals surface area contributed by atoms with Gasteiger partial charge < -0.3 is 5.73 Å². The van der Waals surface area contributed by atoms with E-state index in [0.29, 0.717) is 5.92 Å². The lowest BCUT2D eigenvalue weighted by Crippen LogP contribution is -2.19. The molecule has 1 heterocycles. The van der Waals surface area contributed by atoms with Crippen LogP contribution in [0.25, 0.3) is 0 Å². The Morgan fingerprint density at radius 2 is 2.17 bits per heavy atom. The van der Waals surface area contributed by atoms with Gasteiger partial charge in [-0.3, -0.25) is 4.57 Å². The Hall–Kier alpha value is -1.25. The van der Waals surface area contributed by atoms with Gasteiger partial charge >= 0.3 is 6.03 Å². The highest BCUT2D eigenvalue weighted by Crippen LogP contribution is 2.19. The van der Waals surface area contributed by atoms with Crippen LogP contribution in [0.2, 0.25) is 0 Å². The standard InChI is InChI=1S/C9H14N2O/c1-6(2)8-4-5-11(7(8)3)9(10)12/h4-6H,1-3H3,(H2,10,12). The number of hydrogen-bond donors (Lipinski definition) is 1. The van der Waals surface area contributed by atoms with Gasteiger partial charge in [-0.1, -0.05) is 13.8 Å². The van der Waals surface area contributed by atoms with Gasteiger partial charge in [0.1, 0.15) is 0 Å². The molecule has 0 bridgehead atoms. The quantitative estimate of drug-likeness (QED) is 0.680. The summed E-state index contributed by atoms with van der Waals surface area (Å²) in [6.07, 6.45) is 1.72. The first-order valence-corrected chi connectivity index (χ1v) is 4.01. The molecule has 0 aliphatic rings. The van der Waals surface area contributed by atoms with E-state index in [-0.39, 0.29) is 0 Å². The van der Waals surface area contributed by atoms with Crippen LogP contribution in [0, 0.1) is 6.92 Å². The van der Waals surface area contributed by atoms with Crippen LogP contribution in [0.1, 0.15) is 31.0 Å². The molecule has 0 spiro atoms. The van der Waals surface area contributed by atoms with Gasteiger partial charge in [0.15, 0.2) is 0 Å². The third-order valence-corrected chi connectivity index (χ3v) is 2.04. The zero-order chi connectivity index (χ0) is 9.30. The minimum Gasteiger partial charge on any atom is -0.351 e. The molecule has 0 unspecified atom stereocenters. The van der Waals surface area contributed by atoms with Gasteiger partial charge in [-0.15, -0.1) is 0 Å². The van der Waals surface area contributed by atoms with Crippen molar-refractivity contribution in [3.63, 3.8) is 0 Å². The Balaban J connectivity index is 3.13.